The first-order chi connectivity index (χ1) is 15.3. The number of rotatable bonds is 6. The zero-order valence-corrected chi connectivity index (χ0v) is 17.4. The average molecular weight is 437 g/mol. The summed E-state index contributed by atoms with van der Waals surface area (Å²) in [4.78, 5) is 17.0. The van der Waals surface area contributed by atoms with Crippen molar-refractivity contribution in [2.75, 3.05) is 0 Å². The number of halogens is 3. The minimum absolute atomic E-state index is 0.0160. The number of aryl methyl sites for hydroxylation is 1. The monoisotopic (exact) mass is 437 g/mol. The van der Waals surface area contributed by atoms with E-state index in [0.717, 1.165) is 28.6 Å². The molecule has 4 rings (SSSR count). The van der Waals surface area contributed by atoms with E-state index in [1.54, 1.807) is 24.4 Å². The van der Waals surface area contributed by atoms with E-state index >= 15 is 0 Å². The molecule has 1 N–H and O–H groups in total. The predicted molar refractivity (Wildman–Crippen MR) is 117 cm³/mol. The second-order valence-electron chi connectivity index (χ2n) is 7.69. The number of para-hydroxylation sites is 1. The highest BCUT2D eigenvalue weighted by atomic mass is 19.4. The Morgan fingerprint density at radius 1 is 1.06 bits per heavy atom. The van der Waals surface area contributed by atoms with Gasteiger partial charge in [0.1, 0.15) is 0 Å². The summed E-state index contributed by atoms with van der Waals surface area (Å²) >= 11 is 0. The highest BCUT2D eigenvalue weighted by Crippen LogP contribution is 2.37. The Hall–Kier alpha value is -3.61. The molecule has 2 aromatic carbocycles. The second-order valence-corrected chi connectivity index (χ2v) is 7.69. The fourth-order valence-corrected chi connectivity index (χ4v) is 3.94. The number of nitrogens with one attached hydrogen (secondary N) is 1. The molecule has 0 aliphatic rings. The molecule has 1 amide bonds. The lowest BCUT2D eigenvalue weighted by atomic mass is 9.87. The predicted octanol–water partition coefficient (Wildman–Crippen LogP) is 5.43. The van der Waals surface area contributed by atoms with E-state index in [1.165, 1.54) is 6.07 Å². The molecule has 2 aromatic heterocycles. The van der Waals surface area contributed by atoms with Crippen molar-refractivity contribution >= 4 is 16.8 Å². The molecule has 2 heterocycles. The fraction of sp³-hybridized carbons (Fsp3) is 0.200. The smallest absolute Gasteiger partial charge is 0.350 e. The number of fused-ring (bicyclic) bond motifs is 1. The molecule has 0 saturated heterocycles. The maximum atomic E-state index is 13.4. The van der Waals surface area contributed by atoms with Gasteiger partial charge in [0.05, 0.1) is 17.8 Å². The number of carbonyl (C=O) groups excluding carboxylic acids is 1. The van der Waals surface area contributed by atoms with Crippen LogP contribution in [-0.2, 0) is 24.6 Å². The molecule has 0 aliphatic heterocycles. The number of pyridine rings is 1. The molecule has 0 bridgehead atoms. The molecule has 4 nitrogen and oxygen atoms in total. The quantitative estimate of drug-likeness (QED) is 0.437. The number of alkyl halides is 3. The van der Waals surface area contributed by atoms with Gasteiger partial charge in [-0.2, -0.15) is 13.2 Å². The minimum Gasteiger partial charge on any atom is -0.350 e. The van der Waals surface area contributed by atoms with Crippen molar-refractivity contribution < 1.29 is 18.0 Å². The Labute approximate surface area is 183 Å². The van der Waals surface area contributed by atoms with Gasteiger partial charge >= 0.3 is 6.18 Å². The Kier molecular flexibility index (Phi) is 5.99. The van der Waals surface area contributed by atoms with Gasteiger partial charge < -0.3 is 9.88 Å². The number of hydrogen-bond donors (Lipinski definition) is 1. The number of nitrogens with zero attached hydrogens (tertiary/aromatic N) is 2. The van der Waals surface area contributed by atoms with Crippen molar-refractivity contribution in [2.24, 2.45) is 7.05 Å². The number of amides is 1. The lowest BCUT2D eigenvalue weighted by Crippen LogP contribution is -2.25. The lowest BCUT2D eigenvalue weighted by Gasteiger charge is -2.19. The largest absolute Gasteiger partial charge is 0.416 e. The minimum atomic E-state index is -4.46. The summed E-state index contributed by atoms with van der Waals surface area (Å²) in [5.41, 5.74) is 2.20. The highest BCUT2D eigenvalue weighted by molar-refractivity contribution is 5.86. The van der Waals surface area contributed by atoms with E-state index in [2.05, 4.69) is 10.3 Å². The number of carbonyl (C=O) groups is 1. The van der Waals surface area contributed by atoms with E-state index in [9.17, 15) is 18.0 Å². The summed E-state index contributed by atoms with van der Waals surface area (Å²) in [7, 11) is 1.89. The Balaban J connectivity index is 1.69. The van der Waals surface area contributed by atoms with Crippen LogP contribution in [0, 0.1) is 0 Å². The van der Waals surface area contributed by atoms with Gasteiger partial charge in [0, 0.05) is 42.7 Å². The van der Waals surface area contributed by atoms with Gasteiger partial charge in [0.25, 0.3) is 0 Å². The SMILES string of the molecule is Cn1cc([C@H](CC(=O)NCc2ccccn2)c2cccc(C(F)(F)F)c2)c2ccccc21. The highest BCUT2D eigenvalue weighted by Gasteiger charge is 2.32. The van der Waals surface area contributed by atoms with Crippen LogP contribution in [-0.4, -0.2) is 15.5 Å². The Morgan fingerprint density at radius 3 is 2.59 bits per heavy atom. The Morgan fingerprint density at radius 2 is 1.84 bits per heavy atom. The molecule has 7 heteroatoms. The van der Waals surface area contributed by atoms with Crippen molar-refractivity contribution in [1.82, 2.24) is 14.9 Å². The second kappa shape index (κ2) is 8.86. The van der Waals surface area contributed by atoms with E-state index in [0.29, 0.717) is 11.3 Å². The molecular formula is C25H22F3N3O. The van der Waals surface area contributed by atoms with Crippen LogP contribution in [0.2, 0.25) is 0 Å². The molecular weight excluding hydrogens is 415 g/mol. The first-order valence-corrected chi connectivity index (χ1v) is 10.2. The van der Waals surface area contributed by atoms with E-state index < -0.39 is 17.7 Å². The zero-order valence-electron chi connectivity index (χ0n) is 17.4. The molecule has 0 aliphatic carbocycles. The van der Waals surface area contributed by atoms with Crippen LogP contribution in [0.4, 0.5) is 13.2 Å². The third-order valence-electron chi connectivity index (χ3n) is 5.50. The van der Waals surface area contributed by atoms with Crippen LogP contribution in [0.5, 0.6) is 0 Å². The van der Waals surface area contributed by atoms with E-state index in [4.69, 9.17) is 0 Å². The van der Waals surface area contributed by atoms with Crippen LogP contribution in [0.15, 0.2) is 79.1 Å². The van der Waals surface area contributed by atoms with Crippen LogP contribution >= 0.6 is 0 Å². The van der Waals surface area contributed by atoms with Gasteiger partial charge in [-0.15, -0.1) is 0 Å². The maximum Gasteiger partial charge on any atom is 0.416 e. The van der Waals surface area contributed by atoms with Crippen LogP contribution < -0.4 is 5.32 Å². The summed E-state index contributed by atoms with van der Waals surface area (Å²) in [5, 5.41) is 3.75. The van der Waals surface area contributed by atoms with E-state index in [-0.39, 0.29) is 18.9 Å². The van der Waals surface area contributed by atoms with Crippen LogP contribution in [0.1, 0.15) is 34.7 Å². The van der Waals surface area contributed by atoms with Crippen LogP contribution in [0.25, 0.3) is 10.9 Å². The standard InChI is InChI=1S/C25H22F3N3O/c1-31-16-22(20-10-2-3-11-23(20)31)21(17-7-6-8-18(13-17)25(26,27)28)14-24(32)30-15-19-9-4-5-12-29-19/h2-13,16,21H,14-15H2,1H3,(H,30,32)/t21-/m1/s1. The van der Waals surface area contributed by atoms with Gasteiger partial charge in [0.2, 0.25) is 5.91 Å². The molecule has 164 valence electrons. The van der Waals surface area contributed by atoms with Crippen molar-refractivity contribution in [3.8, 4) is 0 Å². The van der Waals surface area contributed by atoms with Gasteiger partial charge in [-0.05, 0) is 35.4 Å². The van der Waals surface area contributed by atoms with Crippen LogP contribution in [0.3, 0.4) is 0 Å². The van der Waals surface area contributed by atoms with Gasteiger partial charge in [-0.1, -0.05) is 42.5 Å². The molecule has 0 spiro atoms. The van der Waals surface area contributed by atoms with Crippen molar-refractivity contribution in [2.45, 2.75) is 25.1 Å². The third kappa shape index (κ3) is 4.66. The summed E-state index contributed by atoms with van der Waals surface area (Å²) in [5.74, 6) is -0.793. The van der Waals surface area contributed by atoms with Crippen molar-refractivity contribution in [1.29, 1.82) is 0 Å². The molecule has 0 fully saturated rings. The van der Waals surface area contributed by atoms with Gasteiger partial charge in [-0.25, -0.2) is 0 Å². The maximum absolute atomic E-state index is 13.4. The summed E-state index contributed by atoms with van der Waals surface area (Å²) in [6, 6.07) is 18.3. The number of benzene rings is 2. The molecule has 0 unspecified atom stereocenters. The summed E-state index contributed by atoms with van der Waals surface area (Å²) < 4.78 is 42.0. The topological polar surface area (TPSA) is 46.9 Å². The van der Waals surface area contributed by atoms with E-state index in [1.807, 2.05) is 48.1 Å². The lowest BCUT2D eigenvalue weighted by molar-refractivity contribution is -0.137. The number of aromatic nitrogens is 2. The van der Waals surface area contributed by atoms with Crippen molar-refractivity contribution in [3.63, 3.8) is 0 Å². The van der Waals surface area contributed by atoms with Gasteiger partial charge in [0.15, 0.2) is 0 Å². The van der Waals surface area contributed by atoms with Gasteiger partial charge in [-0.3, -0.25) is 9.78 Å². The molecule has 32 heavy (non-hydrogen) atoms. The first kappa shape index (κ1) is 21.6. The zero-order chi connectivity index (χ0) is 22.7. The molecule has 1 atom stereocenters. The normalized spacial score (nSPS) is 12.6. The average Bonchev–Trinajstić information content (AvgIpc) is 3.13. The third-order valence-corrected chi connectivity index (χ3v) is 5.50. The molecule has 0 saturated carbocycles. The summed E-state index contributed by atoms with van der Waals surface area (Å²) in [6.45, 7) is 0.254. The molecule has 4 aromatic rings. The summed E-state index contributed by atoms with van der Waals surface area (Å²) in [6.07, 6.45) is -0.909. The fourth-order valence-electron chi connectivity index (χ4n) is 3.94. The Bertz CT molecular complexity index is 1230. The molecule has 0 radical (unpaired) electrons. The number of hydrogen-bond acceptors (Lipinski definition) is 2. The van der Waals surface area contributed by atoms with Crippen molar-refractivity contribution in [3.05, 3.63) is 102 Å². The first-order valence-electron chi connectivity index (χ1n) is 10.2.